The summed E-state index contributed by atoms with van der Waals surface area (Å²) in [6, 6.07) is 6.55. The summed E-state index contributed by atoms with van der Waals surface area (Å²) in [4.78, 5) is 3.93. The maximum absolute atomic E-state index is 6.09. The van der Waals surface area contributed by atoms with Crippen LogP contribution < -0.4 is 5.73 Å². The number of aryl methyl sites for hydroxylation is 1. The molecule has 2 heteroatoms. The van der Waals surface area contributed by atoms with E-state index in [0.717, 1.165) is 11.6 Å². The summed E-state index contributed by atoms with van der Waals surface area (Å²) in [5, 5.41) is 0. The van der Waals surface area contributed by atoms with E-state index in [0.29, 0.717) is 0 Å². The van der Waals surface area contributed by atoms with E-state index in [2.05, 4.69) is 30.1 Å². The van der Waals surface area contributed by atoms with Crippen molar-refractivity contribution in [2.24, 2.45) is 10.7 Å². The molecular weight excluding hydrogens is 196 g/mol. The van der Waals surface area contributed by atoms with Crippen LogP contribution in [0.15, 0.2) is 29.3 Å². The van der Waals surface area contributed by atoms with Gasteiger partial charge >= 0.3 is 0 Å². The van der Waals surface area contributed by atoms with Gasteiger partial charge in [0, 0.05) is 24.5 Å². The minimum absolute atomic E-state index is 0.723. The monoisotopic (exact) mass is 214 g/mol. The Labute approximate surface area is 96.9 Å². The van der Waals surface area contributed by atoms with E-state index < -0.39 is 0 Å². The molecular formula is C14H18N2. The molecule has 2 N–H and O–H groups in total. The van der Waals surface area contributed by atoms with Gasteiger partial charge in [-0.2, -0.15) is 0 Å². The summed E-state index contributed by atoms with van der Waals surface area (Å²) in [7, 11) is 1.75. The fourth-order valence-electron chi connectivity index (χ4n) is 1.92. The quantitative estimate of drug-likeness (QED) is 0.772. The van der Waals surface area contributed by atoms with Crippen LogP contribution in [0.25, 0.3) is 5.70 Å². The van der Waals surface area contributed by atoms with Gasteiger partial charge in [-0.05, 0) is 43.4 Å². The second-order valence-corrected chi connectivity index (χ2v) is 4.39. The van der Waals surface area contributed by atoms with Crippen molar-refractivity contribution in [2.75, 3.05) is 7.05 Å². The summed E-state index contributed by atoms with van der Waals surface area (Å²) < 4.78 is 0. The van der Waals surface area contributed by atoms with E-state index in [9.17, 15) is 0 Å². The predicted octanol–water partition coefficient (Wildman–Crippen LogP) is 2.87. The van der Waals surface area contributed by atoms with Gasteiger partial charge in [-0.25, -0.2) is 0 Å². The second-order valence-electron chi connectivity index (χ2n) is 4.39. The van der Waals surface area contributed by atoms with Gasteiger partial charge in [-0.3, -0.25) is 4.99 Å². The maximum Gasteiger partial charge on any atom is 0.0405 e. The number of rotatable bonds is 3. The SMILES string of the molecule is CN=C/C=C(\N)c1cc(C)ccc1C1CC1. The lowest BCUT2D eigenvalue weighted by molar-refractivity contribution is 1.11. The Balaban J connectivity index is 2.40. The Kier molecular flexibility index (Phi) is 3.09. The highest BCUT2D eigenvalue weighted by atomic mass is 14.6. The largest absolute Gasteiger partial charge is 0.398 e. The third-order valence-electron chi connectivity index (χ3n) is 2.94. The first kappa shape index (κ1) is 10.9. The Bertz CT molecular complexity index is 440. The van der Waals surface area contributed by atoms with Gasteiger partial charge in [0.1, 0.15) is 0 Å². The molecule has 0 saturated heterocycles. The molecule has 0 aliphatic heterocycles. The lowest BCUT2D eigenvalue weighted by atomic mass is 9.98. The van der Waals surface area contributed by atoms with Gasteiger partial charge in [-0.1, -0.05) is 17.7 Å². The molecule has 0 atom stereocenters. The summed E-state index contributed by atoms with van der Waals surface area (Å²) in [6.07, 6.45) is 6.21. The molecule has 16 heavy (non-hydrogen) atoms. The minimum Gasteiger partial charge on any atom is -0.398 e. The fraction of sp³-hybridized carbons (Fsp3) is 0.357. The van der Waals surface area contributed by atoms with Crippen molar-refractivity contribution in [1.82, 2.24) is 0 Å². The lowest BCUT2D eigenvalue weighted by Crippen LogP contribution is -2.01. The average molecular weight is 214 g/mol. The van der Waals surface area contributed by atoms with Crippen molar-refractivity contribution in [3.05, 3.63) is 41.0 Å². The first-order valence-corrected chi connectivity index (χ1v) is 5.71. The van der Waals surface area contributed by atoms with Crippen molar-refractivity contribution < 1.29 is 0 Å². The van der Waals surface area contributed by atoms with Gasteiger partial charge < -0.3 is 5.73 Å². The van der Waals surface area contributed by atoms with Crippen LogP contribution in [0.5, 0.6) is 0 Å². The van der Waals surface area contributed by atoms with E-state index >= 15 is 0 Å². The molecule has 2 rings (SSSR count). The van der Waals surface area contributed by atoms with Crippen LogP contribution in [-0.4, -0.2) is 13.3 Å². The molecule has 1 aliphatic carbocycles. The number of benzene rings is 1. The number of allylic oxidation sites excluding steroid dienone is 1. The summed E-state index contributed by atoms with van der Waals surface area (Å²) >= 11 is 0. The number of aliphatic imine (C=N–C) groups is 1. The van der Waals surface area contributed by atoms with Gasteiger partial charge in [0.25, 0.3) is 0 Å². The molecule has 0 bridgehead atoms. The molecule has 2 nitrogen and oxygen atoms in total. The zero-order valence-electron chi connectivity index (χ0n) is 9.90. The van der Waals surface area contributed by atoms with Crippen LogP contribution >= 0.6 is 0 Å². The molecule has 0 spiro atoms. The van der Waals surface area contributed by atoms with Gasteiger partial charge in [-0.15, -0.1) is 0 Å². The van der Waals surface area contributed by atoms with Crippen LogP contribution in [-0.2, 0) is 0 Å². The molecule has 1 fully saturated rings. The molecule has 1 aliphatic rings. The highest BCUT2D eigenvalue weighted by Gasteiger charge is 2.26. The predicted molar refractivity (Wildman–Crippen MR) is 69.7 cm³/mol. The van der Waals surface area contributed by atoms with Crippen LogP contribution in [0, 0.1) is 6.92 Å². The van der Waals surface area contributed by atoms with Crippen molar-refractivity contribution in [3.63, 3.8) is 0 Å². The number of nitrogens with two attached hydrogens (primary N) is 1. The molecule has 0 amide bonds. The number of hydrogen-bond acceptors (Lipinski definition) is 2. The zero-order chi connectivity index (χ0) is 11.5. The third-order valence-corrected chi connectivity index (χ3v) is 2.94. The Morgan fingerprint density at radius 2 is 2.19 bits per heavy atom. The second kappa shape index (κ2) is 4.52. The van der Waals surface area contributed by atoms with Crippen LogP contribution in [0.4, 0.5) is 0 Å². The van der Waals surface area contributed by atoms with Crippen molar-refractivity contribution in [2.45, 2.75) is 25.7 Å². The van der Waals surface area contributed by atoms with Crippen LogP contribution in [0.3, 0.4) is 0 Å². The topological polar surface area (TPSA) is 38.4 Å². The minimum atomic E-state index is 0.723. The molecule has 0 aromatic heterocycles. The first-order valence-electron chi connectivity index (χ1n) is 5.71. The molecule has 1 saturated carbocycles. The third kappa shape index (κ3) is 2.32. The number of hydrogen-bond donors (Lipinski definition) is 1. The number of nitrogens with zero attached hydrogens (tertiary/aromatic N) is 1. The van der Waals surface area contributed by atoms with Crippen LogP contribution in [0.2, 0.25) is 0 Å². The Morgan fingerprint density at radius 1 is 1.44 bits per heavy atom. The average Bonchev–Trinajstić information content (AvgIpc) is 3.09. The molecule has 1 aromatic rings. The summed E-state index contributed by atoms with van der Waals surface area (Å²) in [5.41, 5.74) is 10.7. The van der Waals surface area contributed by atoms with E-state index in [1.165, 1.54) is 29.5 Å². The standard InChI is InChI=1S/C14H18N2/c1-10-3-6-12(11-4-5-11)13(9-10)14(15)7-8-16-2/h3,6-9,11H,4-5,15H2,1-2H3/b14-7-,16-8?. The summed E-state index contributed by atoms with van der Waals surface area (Å²) in [6.45, 7) is 2.10. The maximum atomic E-state index is 6.09. The molecule has 84 valence electrons. The highest BCUT2D eigenvalue weighted by molar-refractivity contribution is 5.84. The van der Waals surface area contributed by atoms with Crippen molar-refractivity contribution >= 4 is 11.9 Å². The molecule has 0 heterocycles. The van der Waals surface area contributed by atoms with E-state index in [-0.39, 0.29) is 0 Å². The normalized spacial score (nSPS) is 17.0. The fourth-order valence-corrected chi connectivity index (χ4v) is 1.92. The van der Waals surface area contributed by atoms with Crippen molar-refractivity contribution in [3.8, 4) is 0 Å². The Morgan fingerprint density at radius 3 is 2.81 bits per heavy atom. The smallest absolute Gasteiger partial charge is 0.0405 e. The van der Waals surface area contributed by atoms with Crippen LogP contribution in [0.1, 0.15) is 35.4 Å². The summed E-state index contributed by atoms with van der Waals surface area (Å²) in [5.74, 6) is 0.723. The van der Waals surface area contributed by atoms with E-state index in [1.807, 2.05) is 6.08 Å². The van der Waals surface area contributed by atoms with Gasteiger partial charge in [0.15, 0.2) is 0 Å². The van der Waals surface area contributed by atoms with E-state index in [4.69, 9.17) is 5.73 Å². The molecule has 0 radical (unpaired) electrons. The molecule has 0 unspecified atom stereocenters. The highest BCUT2D eigenvalue weighted by Crippen LogP contribution is 2.42. The first-order chi connectivity index (χ1) is 7.72. The van der Waals surface area contributed by atoms with Crippen molar-refractivity contribution in [1.29, 1.82) is 0 Å². The lowest BCUT2D eigenvalue weighted by Gasteiger charge is -2.09. The van der Waals surface area contributed by atoms with E-state index in [1.54, 1.807) is 13.3 Å². The van der Waals surface area contributed by atoms with Gasteiger partial charge in [0.05, 0.1) is 0 Å². The Hall–Kier alpha value is -1.57. The molecule has 1 aromatic carbocycles. The zero-order valence-corrected chi connectivity index (χ0v) is 9.90. The van der Waals surface area contributed by atoms with Gasteiger partial charge in [0.2, 0.25) is 0 Å².